The van der Waals surface area contributed by atoms with Crippen molar-refractivity contribution in [1.29, 1.82) is 0 Å². The maximum absolute atomic E-state index is 3.21. The summed E-state index contributed by atoms with van der Waals surface area (Å²) >= 11 is 2.08. The lowest BCUT2D eigenvalue weighted by atomic mass is 9.91. The Morgan fingerprint density at radius 1 is 1.35 bits per heavy atom. The van der Waals surface area contributed by atoms with E-state index in [0.29, 0.717) is 0 Å². The highest BCUT2D eigenvalue weighted by atomic mass is 32.2. The summed E-state index contributed by atoms with van der Waals surface area (Å²) in [6, 6.07) is 8.97. The highest BCUT2D eigenvalue weighted by Crippen LogP contribution is 2.36. The van der Waals surface area contributed by atoms with Gasteiger partial charge >= 0.3 is 0 Å². The van der Waals surface area contributed by atoms with Crippen LogP contribution in [0.3, 0.4) is 0 Å². The smallest absolute Gasteiger partial charge is 0.0202 e. The second-order valence-electron chi connectivity index (χ2n) is 5.19. The van der Waals surface area contributed by atoms with Gasteiger partial charge in [-0.1, -0.05) is 31.9 Å². The highest BCUT2D eigenvalue weighted by Gasteiger charge is 2.19. The van der Waals surface area contributed by atoms with Crippen LogP contribution in [0.5, 0.6) is 0 Å². The topological polar surface area (TPSA) is 12.0 Å². The molecule has 1 nitrogen and oxygen atoms in total. The fourth-order valence-electron chi connectivity index (χ4n) is 2.61. The average Bonchev–Trinajstić information content (AvgIpc) is 2.30. The van der Waals surface area contributed by atoms with Crippen molar-refractivity contribution in [3.63, 3.8) is 0 Å². The van der Waals surface area contributed by atoms with Gasteiger partial charge in [0.05, 0.1) is 0 Å². The molecule has 2 rings (SSSR count). The fraction of sp³-hybridized carbons (Fsp3) is 0.600. The number of nitrogens with one attached hydrogen (secondary N) is 1. The molecule has 2 heteroatoms. The number of hydrogen-bond donors (Lipinski definition) is 1. The molecule has 2 atom stereocenters. The normalized spacial score (nSPS) is 24.8. The number of hydrogen-bond acceptors (Lipinski definition) is 2. The molecule has 0 saturated heterocycles. The lowest BCUT2D eigenvalue weighted by Crippen LogP contribution is -2.14. The molecule has 1 N–H and O–H groups in total. The van der Waals surface area contributed by atoms with Crippen molar-refractivity contribution in [3.8, 4) is 0 Å². The third kappa shape index (κ3) is 4.04. The van der Waals surface area contributed by atoms with Crippen molar-refractivity contribution >= 4 is 11.8 Å². The molecule has 94 valence electrons. The molecule has 0 radical (unpaired) electrons. The SMILES string of the molecule is CNCc1cccc(SC2CCCC(C)C2)c1. The minimum absolute atomic E-state index is 0.837. The van der Waals surface area contributed by atoms with E-state index in [1.165, 1.54) is 36.1 Å². The van der Waals surface area contributed by atoms with Crippen LogP contribution >= 0.6 is 11.8 Å². The average molecular weight is 249 g/mol. The summed E-state index contributed by atoms with van der Waals surface area (Å²) in [7, 11) is 2.00. The van der Waals surface area contributed by atoms with Crippen molar-refractivity contribution in [1.82, 2.24) is 5.32 Å². The summed E-state index contributed by atoms with van der Waals surface area (Å²) in [5.41, 5.74) is 1.39. The van der Waals surface area contributed by atoms with Gasteiger partial charge in [-0.15, -0.1) is 11.8 Å². The summed E-state index contributed by atoms with van der Waals surface area (Å²) < 4.78 is 0. The van der Waals surface area contributed by atoms with Crippen LogP contribution in [0.25, 0.3) is 0 Å². The van der Waals surface area contributed by atoms with E-state index < -0.39 is 0 Å². The predicted molar refractivity (Wildman–Crippen MR) is 76.5 cm³/mol. The summed E-state index contributed by atoms with van der Waals surface area (Å²) in [5.74, 6) is 0.918. The quantitative estimate of drug-likeness (QED) is 0.863. The molecule has 0 heterocycles. The van der Waals surface area contributed by atoms with E-state index in [9.17, 15) is 0 Å². The molecular weight excluding hydrogens is 226 g/mol. The summed E-state index contributed by atoms with van der Waals surface area (Å²) in [6.07, 6.45) is 5.62. The van der Waals surface area contributed by atoms with Crippen molar-refractivity contribution in [2.45, 2.75) is 49.3 Å². The van der Waals surface area contributed by atoms with Crippen LogP contribution in [-0.4, -0.2) is 12.3 Å². The monoisotopic (exact) mass is 249 g/mol. The van der Waals surface area contributed by atoms with Crippen molar-refractivity contribution < 1.29 is 0 Å². The third-order valence-electron chi connectivity index (χ3n) is 3.47. The summed E-state index contributed by atoms with van der Waals surface area (Å²) in [5, 5.41) is 4.05. The molecule has 1 aromatic rings. The Balaban J connectivity index is 1.95. The van der Waals surface area contributed by atoms with Gasteiger partial charge in [0.1, 0.15) is 0 Å². The van der Waals surface area contributed by atoms with E-state index in [0.717, 1.165) is 17.7 Å². The molecule has 1 aliphatic rings. The Labute approximate surface area is 109 Å². The Morgan fingerprint density at radius 2 is 2.24 bits per heavy atom. The van der Waals surface area contributed by atoms with E-state index in [-0.39, 0.29) is 0 Å². The maximum Gasteiger partial charge on any atom is 0.0202 e. The lowest BCUT2D eigenvalue weighted by Gasteiger charge is -2.26. The van der Waals surface area contributed by atoms with Gasteiger partial charge in [-0.3, -0.25) is 0 Å². The Bertz CT molecular complexity index is 351. The minimum atomic E-state index is 0.837. The van der Waals surface area contributed by atoms with E-state index >= 15 is 0 Å². The second-order valence-corrected chi connectivity index (χ2v) is 6.56. The molecule has 0 aliphatic heterocycles. The molecular formula is C15H23NS. The zero-order valence-electron chi connectivity index (χ0n) is 10.9. The molecule has 1 aliphatic carbocycles. The van der Waals surface area contributed by atoms with Crippen LogP contribution < -0.4 is 5.32 Å². The standard InChI is InChI=1S/C15H23NS/c1-12-5-3-7-14(9-12)17-15-8-4-6-13(10-15)11-16-2/h4,6,8,10,12,14,16H,3,5,7,9,11H2,1-2H3. The van der Waals surface area contributed by atoms with E-state index in [2.05, 4.69) is 48.3 Å². The van der Waals surface area contributed by atoms with E-state index in [1.54, 1.807) is 0 Å². The molecule has 2 unspecified atom stereocenters. The number of rotatable bonds is 4. The molecule has 1 fully saturated rings. The lowest BCUT2D eigenvalue weighted by molar-refractivity contribution is 0.394. The molecule has 0 spiro atoms. The number of thioether (sulfide) groups is 1. The second kappa shape index (κ2) is 6.46. The van der Waals surface area contributed by atoms with Crippen LogP contribution in [0.4, 0.5) is 0 Å². The van der Waals surface area contributed by atoms with Crippen LogP contribution in [-0.2, 0) is 6.54 Å². The van der Waals surface area contributed by atoms with Gasteiger partial charge in [-0.25, -0.2) is 0 Å². The first-order valence-corrected chi connectivity index (χ1v) is 7.56. The van der Waals surface area contributed by atoms with Gasteiger partial charge in [0.2, 0.25) is 0 Å². The van der Waals surface area contributed by atoms with Crippen molar-refractivity contribution in [2.75, 3.05) is 7.05 Å². The summed E-state index contributed by atoms with van der Waals surface area (Å²) in [4.78, 5) is 1.44. The Kier molecular flexibility index (Phi) is 4.93. The molecule has 0 bridgehead atoms. The molecule has 1 saturated carbocycles. The van der Waals surface area contributed by atoms with Crippen LogP contribution in [0.15, 0.2) is 29.2 Å². The minimum Gasteiger partial charge on any atom is -0.316 e. The van der Waals surface area contributed by atoms with Gasteiger partial charge in [-0.2, -0.15) is 0 Å². The molecule has 0 aromatic heterocycles. The first kappa shape index (κ1) is 13.0. The predicted octanol–water partition coefficient (Wildman–Crippen LogP) is 4.08. The zero-order valence-corrected chi connectivity index (χ0v) is 11.7. The van der Waals surface area contributed by atoms with Crippen LogP contribution in [0, 0.1) is 5.92 Å². The molecule has 1 aromatic carbocycles. The number of benzene rings is 1. The van der Waals surface area contributed by atoms with Gasteiger partial charge in [0.25, 0.3) is 0 Å². The van der Waals surface area contributed by atoms with Crippen LogP contribution in [0.1, 0.15) is 38.2 Å². The van der Waals surface area contributed by atoms with E-state index in [1.807, 2.05) is 7.05 Å². The Morgan fingerprint density at radius 3 is 3.00 bits per heavy atom. The third-order valence-corrected chi connectivity index (χ3v) is 4.76. The molecule has 0 amide bonds. The first-order chi connectivity index (χ1) is 8.28. The Hall–Kier alpha value is -0.470. The van der Waals surface area contributed by atoms with Gasteiger partial charge in [0.15, 0.2) is 0 Å². The zero-order chi connectivity index (χ0) is 12.1. The highest BCUT2D eigenvalue weighted by molar-refractivity contribution is 8.00. The molecule has 17 heavy (non-hydrogen) atoms. The van der Waals surface area contributed by atoms with Gasteiger partial charge < -0.3 is 5.32 Å². The first-order valence-electron chi connectivity index (χ1n) is 6.68. The van der Waals surface area contributed by atoms with Crippen molar-refractivity contribution in [2.24, 2.45) is 5.92 Å². The fourth-order valence-corrected chi connectivity index (χ4v) is 4.08. The largest absolute Gasteiger partial charge is 0.316 e. The van der Waals surface area contributed by atoms with Gasteiger partial charge in [0, 0.05) is 16.7 Å². The van der Waals surface area contributed by atoms with Gasteiger partial charge in [-0.05, 0) is 43.5 Å². The van der Waals surface area contributed by atoms with Crippen molar-refractivity contribution in [3.05, 3.63) is 29.8 Å². The maximum atomic E-state index is 3.21. The summed E-state index contributed by atoms with van der Waals surface area (Å²) in [6.45, 7) is 3.36. The van der Waals surface area contributed by atoms with E-state index in [4.69, 9.17) is 0 Å². The van der Waals surface area contributed by atoms with Crippen LogP contribution in [0.2, 0.25) is 0 Å².